The molecular weight excluding hydrogens is 352 g/mol. The van der Waals surface area contributed by atoms with Gasteiger partial charge in [-0.15, -0.1) is 16.4 Å². The second kappa shape index (κ2) is 5.54. The fourth-order valence-electron chi connectivity index (χ4n) is 3.26. The number of nitrogens with one attached hydrogen (secondary N) is 1. The molecule has 3 N–H and O–H groups in total. The molecule has 1 aromatic carbocycles. The van der Waals surface area contributed by atoms with E-state index in [-0.39, 0.29) is 18.6 Å². The van der Waals surface area contributed by atoms with Gasteiger partial charge in [-0.05, 0) is 29.6 Å². The van der Waals surface area contributed by atoms with Crippen molar-refractivity contribution < 1.29 is 14.2 Å². The minimum absolute atomic E-state index is 0.0853. The predicted octanol–water partition coefficient (Wildman–Crippen LogP) is 3.09. The molecule has 7 nitrogen and oxygen atoms in total. The Bertz CT molecular complexity index is 1080. The number of aromatic nitrogens is 2. The number of H-pyrrole nitrogens is 1. The first kappa shape index (κ1) is 14.9. The third kappa shape index (κ3) is 2.08. The van der Waals surface area contributed by atoms with Gasteiger partial charge in [0.05, 0.1) is 17.2 Å². The van der Waals surface area contributed by atoms with Crippen molar-refractivity contribution in [3.8, 4) is 34.7 Å². The number of ether oxygens (including phenoxy) is 3. The number of nitriles is 1. The van der Waals surface area contributed by atoms with E-state index in [9.17, 15) is 5.26 Å². The average Bonchev–Trinajstić information content (AvgIpc) is 3.39. The Morgan fingerprint density at radius 1 is 1.27 bits per heavy atom. The van der Waals surface area contributed by atoms with Crippen molar-refractivity contribution in [3.63, 3.8) is 0 Å². The van der Waals surface area contributed by atoms with E-state index >= 15 is 0 Å². The lowest BCUT2D eigenvalue weighted by molar-refractivity contribution is 0.174. The fraction of sp³-hybridized carbons (Fsp3) is 0.111. The van der Waals surface area contributed by atoms with Crippen molar-refractivity contribution in [2.75, 3.05) is 6.79 Å². The molecule has 1 atom stereocenters. The summed E-state index contributed by atoms with van der Waals surface area (Å²) in [6.45, 7) is 0.207. The standard InChI is InChI=1S/C18H12N4O3S/c19-7-10-14(13-2-1-5-26-13)15-16(21-22-18(15)25-17(10)20)9-3-4-11-12(6-9)24-8-23-11/h1-6,14H,8,20H2,(H,21,22). The molecule has 128 valence electrons. The van der Waals surface area contributed by atoms with E-state index in [0.29, 0.717) is 23.0 Å². The number of aromatic amines is 1. The van der Waals surface area contributed by atoms with Crippen molar-refractivity contribution in [2.24, 2.45) is 5.73 Å². The third-order valence-corrected chi connectivity index (χ3v) is 5.37. The zero-order valence-electron chi connectivity index (χ0n) is 13.4. The molecule has 2 aromatic heterocycles. The molecule has 0 bridgehead atoms. The molecule has 0 spiro atoms. The number of nitrogens with zero attached hydrogens (tertiary/aromatic N) is 2. The summed E-state index contributed by atoms with van der Waals surface area (Å²) in [5, 5.41) is 18.9. The molecule has 2 aliphatic heterocycles. The van der Waals surface area contributed by atoms with Gasteiger partial charge in [0.2, 0.25) is 18.6 Å². The third-order valence-electron chi connectivity index (χ3n) is 4.43. The molecule has 0 fully saturated rings. The molecule has 3 aromatic rings. The highest BCUT2D eigenvalue weighted by molar-refractivity contribution is 7.10. The van der Waals surface area contributed by atoms with Crippen LogP contribution in [0.3, 0.4) is 0 Å². The minimum atomic E-state index is -0.331. The first-order valence-electron chi connectivity index (χ1n) is 7.85. The van der Waals surface area contributed by atoms with Crippen LogP contribution in [0.2, 0.25) is 0 Å². The Morgan fingerprint density at radius 2 is 2.15 bits per heavy atom. The van der Waals surface area contributed by atoms with Crippen LogP contribution in [0.15, 0.2) is 47.2 Å². The molecule has 0 saturated heterocycles. The lowest BCUT2D eigenvalue weighted by atomic mass is 9.87. The average molecular weight is 364 g/mol. The molecule has 0 amide bonds. The topological polar surface area (TPSA) is 106 Å². The molecule has 0 aliphatic carbocycles. The smallest absolute Gasteiger partial charge is 0.244 e. The van der Waals surface area contributed by atoms with Crippen LogP contribution in [0.25, 0.3) is 11.3 Å². The van der Waals surface area contributed by atoms with Crippen molar-refractivity contribution in [1.29, 1.82) is 5.26 Å². The summed E-state index contributed by atoms with van der Waals surface area (Å²) < 4.78 is 16.4. The molecule has 26 heavy (non-hydrogen) atoms. The largest absolute Gasteiger partial charge is 0.454 e. The minimum Gasteiger partial charge on any atom is -0.454 e. The summed E-state index contributed by atoms with van der Waals surface area (Å²) >= 11 is 1.56. The summed E-state index contributed by atoms with van der Waals surface area (Å²) in [4.78, 5) is 0.998. The zero-order chi connectivity index (χ0) is 17.7. The Labute approximate surface area is 152 Å². The van der Waals surface area contributed by atoms with Crippen LogP contribution in [0, 0.1) is 11.3 Å². The number of thiophene rings is 1. The Hall–Kier alpha value is -3.44. The fourth-order valence-corrected chi connectivity index (χ4v) is 4.10. The van der Waals surface area contributed by atoms with Gasteiger partial charge in [-0.1, -0.05) is 6.07 Å². The number of allylic oxidation sites excluding steroid dienone is 1. The van der Waals surface area contributed by atoms with Gasteiger partial charge in [0.15, 0.2) is 11.5 Å². The van der Waals surface area contributed by atoms with Gasteiger partial charge < -0.3 is 19.9 Å². The maximum absolute atomic E-state index is 9.65. The van der Waals surface area contributed by atoms with Crippen molar-refractivity contribution in [3.05, 3.63) is 57.6 Å². The maximum atomic E-state index is 9.65. The number of nitrogens with two attached hydrogens (primary N) is 1. The normalized spacial score (nSPS) is 17.6. The number of hydrogen-bond acceptors (Lipinski definition) is 7. The van der Waals surface area contributed by atoms with E-state index in [0.717, 1.165) is 21.7 Å². The number of hydrogen-bond donors (Lipinski definition) is 2. The van der Waals surface area contributed by atoms with Gasteiger partial charge in [-0.2, -0.15) is 5.26 Å². The Balaban J connectivity index is 1.71. The van der Waals surface area contributed by atoms with Crippen molar-refractivity contribution in [2.45, 2.75) is 5.92 Å². The number of rotatable bonds is 2. The lowest BCUT2D eigenvalue weighted by Gasteiger charge is -2.22. The monoisotopic (exact) mass is 364 g/mol. The van der Waals surface area contributed by atoms with Gasteiger partial charge >= 0.3 is 0 Å². The number of benzene rings is 1. The lowest BCUT2D eigenvalue weighted by Crippen LogP contribution is -2.20. The first-order valence-corrected chi connectivity index (χ1v) is 8.73. The quantitative estimate of drug-likeness (QED) is 0.724. The van der Waals surface area contributed by atoms with E-state index in [1.54, 1.807) is 11.3 Å². The van der Waals surface area contributed by atoms with Crippen molar-refractivity contribution in [1.82, 2.24) is 10.2 Å². The van der Waals surface area contributed by atoms with Crippen LogP contribution in [0.1, 0.15) is 16.4 Å². The van der Waals surface area contributed by atoms with E-state index in [4.69, 9.17) is 19.9 Å². The maximum Gasteiger partial charge on any atom is 0.244 e. The van der Waals surface area contributed by atoms with E-state index in [1.807, 2.05) is 35.7 Å². The molecule has 1 unspecified atom stereocenters. The van der Waals surface area contributed by atoms with E-state index in [1.165, 1.54) is 0 Å². The molecular formula is C18H12N4O3S. The molecule has 5 rings (SSSR count). The van der Waals surface area contributed by atoms with Crippen LogP contribution >= 0.6 is 11.3 Å². The molecule has 0 radical (unpaired) electrons. The summed E-state index contributed by atoms with van der Waals surface area (Å²) in [6.07, 6.45) is 0. The van der Waals surface area contributed by atoms with E-state index < -0.39 is 0 Å². The van der Waals surface area contributed by atoms with Crippen LogP contribution in [-0.4, -0.2) is 17.0 Å². The first-order chi connectivity index (χ1) is 12.8. The van der Waals surface area contributed by atoms with Crippen LogP contribution in [0.5, 0.6) is 17.4 Å². The van der Waals surface area contributed by atoms with Gasteiger partial charge in [0, 0.05) is 10.4 Å². The van der Waals surface area contributed by atoms with Crippen LogP contribution in [0.4, 0.5) is 0 Å². The van der Waals surface area contributed by atoms with Gasteiger partial charge in [-0.3, -0.25) is 5.10 Å². The highest BCUT2D eigenvalue weighted by atomic mass is 32.1. The summed E-state index contributed by atoms with van der Waals surface area (Å²) in [6, 6.07) is 11.8. The highest BCUT2D eigenvalue weighted by Crippen LogP contribution is 2.47. The van der Waals surface area contributed by atoms with Gasteiger partial charge in [0.1, 0.15) is 11.6 Å². The summed E-state index contributed by atoms with van der Waals surface area (Å²) in [5.41, 5.74) is 8.77. The van der Waals surface area contributed by atoms with Crippen molar-refractivity contribution >= 4 is 11.3 Å². The highest BCUT2D eigenvalue weighted by Gasteiger charge is 2.36. The molecule has 8 heteroatoms. The zero-order valence-corrected chi connectivity index (χ0v) is 14.2. The van der Waals surface area contributed by atoms with Crippen LogP contribution < -0.4 is 19.9 Å². The second-order valence-corrected chi connectivity index (χ2v) is 6.80. The summed E-state index contributed by atoms with van der Waals surface area (Å²) in [5.74, 6) is 1.51. The second-order valence-electron chi connectivity index (χ2n) is 5.83. The SMILES string of the molecule is N#CC1=C(N)Oc2n[nH]c(-c3ccc4c(c3)OCO4)c2C1c1cccs1. The van der Waals surface area contributed by atoms with Gasteiger partial charge in [-0.25, -0.2) is 0 Å². The summed E-state index contributed by atoms with van der Waals surface area (Å²) in [7, 11) is 0. The predicted molar refractivity (Wildman–Crippen MR) is 93.8 cm³/mol. The Morgan fingerprint density at radius 3 is 2.96 bits per heavy atom. The molecule has 2 aliphatic rings. The molecule has 0 saturated carbocycles. The molecule has 4 heterocycles. The number of fused-ring (bicyclic) bond motifs is 2. The Kier molecular flexibility index (Phi) is 3.17. The van der Waals surface area contributed by atoms with Gasteiger partial charge in [0.25, 0.3) is 0 Å². The van der Waals surface area contributed by atoms with Crippen LogP contribution in [-0.2, 0) is 0 Å². The van der Waals surface area contributed by atoms with E-state index in [2.05, 4.69) is 16.3 Å².